The monoisotopic (exact) mass is 223 g/mol. The van der Waals surface area contributed by atoms with E-state index >= 15 is 0 Å². The predicted molar refractivity (Wildman–Crippen MR) is 58.1 cm³/mol. The van der Waals surface area contributed by atoms with Gasteiger partial charge in [0, 0.05) is 0 Å². The maximum Gasteiger partial charge on any atom is 0.181 e. The molecule has 4 heteroatoms. The lowest BCUT2D eigenvalue weighted by atomic mass is 10.2. The van der Waals surface area contributed by atoms with Crippen molar-refractivity contribution in [2.75, 3.05) is 0 Å². The predicted octanol–water partition coefficient (Wildman–Crippen LogP) is 2.07. The normalized spacial score (nSPS) is 13.1. The van der Waals surface area contributed by atoms with Gasteiger partial charge in [-0.1, -0.05) is 17.7 Å². The van der Waals surface area contributed by atoms with Crippen LogP contribution in [-0.4, -0.2) is 13.7 Å². The molecule has 80 valence electrons. The smallest absolute Gasteiger partial charge is 0.181 e. The minimum Gasteiger partial charge on any atom is -0.223 e. The van der Waals surface area contributed by atoms with Gasteiger partial charge in [-0.3, -0.25) is 0 Å². The average molecular weight is 223 g/mol. The Hall–Kier alpha value is -1.34. The first-order chi connectivity index (χ1) is 6.98. The van der Waals surface area contributed by atoms with E-state index in [1.807, 2.05) is 13.0 Å². The third-order valence-corrected chi connectivity index (χ3v) is 4.41. The van der Waals surface area contributed by atoms with Crippen molar-refractivity contribution in [3.63, 3.8) is 0 Å². The van der Waals surface area contributed by atoms with Crippen LogP contribution in [0.25, 0.3) is 0 Å². The summed E-state index contributed by atoms with van der Waals surface area (Å²) in [6.07, 6.45) is 0.0240. The molecule has 0 aromatic heterocycles. The molecule has 3 nitrogen and oxygen atoms in total. The van der Waals surface area contributed by atoms with Gasteiger partial charge in [-0.2, -0.15) is 5.26 Å². The van der Waals surface area contributed by atoms with Crippen LogP contribution in [0.4, 0.5) is 0 Å². The Morgan fingerprint density at radius 2 is 1.87 bits per heavy atom. The van der Waals surface area contributed by atoms with E-state index in [-0.39, 0.29) is 11.3 Å². The summed E-state index contributed by atoms with van der Waals surface area (Å²) in [5, 5.41) is 7.83. The highest BCUT2D eigenvalue weighted by Crippen LogP contribution is 2.18. The molecule has 0 saturated carbocycles. The Balaban J connectivity index is 3.07. The number of benzene rings is 1. The molecular weight excluding hydrogens is 210 g/mol. The molecule has 0 aliphatic heterocycles. The fourth-order valence-electron chi connectivity index (χ4n) is 1.20. The lowest BCUT2D eigenvalue weighted by molar-refractivity contribution is 0.584. The summed E-state index contributed by atoms with van der Waals surface area (Å²) >= 11 is 0. The molecule has 0 aliphatic carbocycles. The first-order valence-corrected chi connectivity index (χ1v) is 6.20. The van der Waals surface area contributed by atoms with Gasteiger partial charge in [-0.15, -0.1) is 0 Å². The Morgan fingerprint density at radius 1 is 1.33 bits per heavy atom. The van der Waals surface area contributed by atoms with Crippen LogP contribution < -0.4 is 0 Å². The Kier molecular flexibility index (Phi) is 3.48. The van der Waals surface area contributed by atoms with Crippen molar-refractivity contribution in [3.05, 3.63) is 29.8 Å². The van der Waals surface area contributed by atoms with Crippen LogP contribution in [0.3, 0.4) is 0 Å². The van der Waals surface area contributed by atoms with Gasteiger partial charge < -0.3 is 0 Å². The molecule has 0 fully saturated rings. The Labute approximate surface area is 90.3 Å². The van der Waals surface area contributed by atoms with Crippen LogP contribution in [0.15, 0.2) is 29.2 Å². The van der Waals surface area contributed by atoms with Gasteiger partial charge in [0.25, 0.3) is 0 Å². The topological polar surface area (TPSA) is 57.9 Å². The van der Waals surface area contributed by atoms with Crippen molar-refractivity contribution in [1.82, 2.24) is 0 Å². The molecule has 0 amide bonds. The Morgan fingerprint density at radius 3 is 2.33 bits per heavy atom. The first kappa shape index (κ1) is 11.7. The van der Waals surface area contributed by atoms with E-state index in [0.717, 1.165) is 5.56 Å². The number of hydrogen-bond donors (Lipinski definition) is 0. The average Bonchev–Trinajstić information content (AvgIpc) is 2.18. The number of sulfone groups is 1. The largest absolute Gasteiger partial charge is 0.223 e. The molecule has 1 rings (SSSR count). The molecule has 0 bridgehead atoms. The fourth-order valence-corrected chi connectivity index (χ4v) is 2.47. The molecule has 0 heterocycles. The highest BCUT2D eigenvalue weighted by atomic mass is 32.2. The number of hydrogen-bond acceptors (Lipinski definition) is 3. The van der Waals surface area contributed by atoms with Crippen LogP contribution in [0.2, 0.25) is 0 Å². The molecular formula is C11H13NO2S. The quantitative estimate of drug-likeness (QED) is 0.788. The van der Waals surface area contributed by atoms with E-state index in [4.69, 9.17) is 5.26 Å². The van der Waals surface area contributed by atoms with Crippen LogP contribution >= 0.6 is 0 Å². The zero-order valence-corrected chi connectivity index (χ0v) is 9.58. The number of nitrogens with zero attached hydrogens (tertiary/aromatic N) is 1. The fraction of sp³-hybridized carbons (Fsp3) is 0.364. The van der Waals surface area contributed by atoms with Crippen molar-refractivity contribution in [2.45, 2.75) is 30.4 Å². The molecule has 1 atom stereocenters. The zero-order chi connectivity index (χ0) is 11.5. The molecule has 0 radical (unpaired) electrons. The number of nitriles is 1. The molecule has 15 heavy (non-hydrogen) atoms. The molecule has 0 N–H and O–H groups in total. The van der Waals surface area contributed by atoms with Gasteiger partial charge in [-0.25, -0.2) is 8.42 Å². The van der Waals surface area contributed by atoms with Gasteiger partial charge >= 0.3 is 0 Å². The highest BCUT2D eigenvalue weighted by molar-refractivity contribution is 7.92. The van der Waals surface area contributed by atoms with Crippen molar-refractivity contribution in [1.29, 1.82) is 5.26 Å². The zero-order valence-electron chi connectivity index (χ0n) is 8.77. The van der Waals surface area contributed by atoms with E-state index in [2.05, 4.69) is 0 Å². The second kappa shape index (κ2) is 4.45. The van der Waals surface area contributed by atoms with Crippen molar-refractivity contribution in [2.24, 2.45) is 0 Å². The third kappa shape index (κ3) is 2.57. The van der Waals surface area contributed by atoms with Crippen LogP contribution in [-0.2, 0) is 9.84 Å². The summed E-state index contributed by atoms with van der Waals surface area (Å²) in [6, 6.07) is 8.55. The van der Waals surface area contributed by atoms with Crippen LogP contribution in [0.5, 0.6) is 0 Å². The van der Waals surface area contributed by atoms with Gasteiger partial charge in [0.2, 0.25) is 0 Å². The molecule has 1 aromatic rings. The SMILES string of the molecule is Cc1ccc(S(=O)(=O)C(C)CC#N)cc1. The summed E-state index contributed by atoms with van der Waals surface area (Å²) < 4.78 is 23.8. The van der Waals surface area contributed by atoms with E-state index in [1.54, 1.807) is 31.2 Å². The van der Waals surface area contributed by atoms with Crippen molar-refractivity contribution in [3.8, 4) is 6.07 Å². The van der Waals surface area contributed by atoms with E-state index in [1.165, 1.54) is 0 Å². The van der Waals surface area contributed by atoms with E-state index in [0.29, 0.717) is 0 Å². The van der Waals surface area contributed by atoms with Crippen LogP contribution in [0.1, 0.15) is 18.9 Å². The van der Waals surface area contributed by atoms with Crippen molar-refractivity contribution < 1.29 is 8.42 Å². The summed E-state index contributed by atoms with van der Waals surface area (Å²) in [5.74, 6) is 0. The lowest BCUT2D eigenvalue weighted by Gasteiger charge is -2.09. The van der Waals surface area contributed by atoms with Gasteiger partial charge in [0.15, 0.2) is 9.84 Å². The third-order valence-electron chi connectivity index (χ3n) is 2.26. The first-order valence-electron chi connectivity index (χ1n) is 4.66. The van der Waals surface area contributed by atoms with Crippen LogP contribution in [0, 0.1) is 18.3 Å². The standard InChI is InChI=1S/C11H13NO2S/c1-9-3-5-11(6-4-9)15(13,14)10(2)7-8-12/h3-6,10H,7H2,1-2H3. The summed E-state index contributed by atoms with van der Waals surface area (Å²) in [7, 11) is -3.34. The van der Waals surface area contributed by atoms with E-state index in [9.17, 15) is 8.42 Å². The number of rotatable bonds is 3. The molecule has 0 aliphatic rings. The summed E-state index contributed by atoms with van der Waals surface area (Å²) in [6.45, 7) is 3.45. The van der Waals surface area contributed by atoms with E-state index < -0.39 is 15.1 Å². The lowest BCUT2D eigenvalue weighted by Crippen LogP contribution is -2.17. The highest BCUT2D eigenvalue weighted by Gasteiger charge is 2.22. The van der Waals surface area contributed by atoms with Gasteiger partial charge in [0.1, 0.15) is 0 Å². The maximum absolute atomic E-state index is 11.9. The molecule has 0 spiro atoms. The second-order valence-corrected chi connectivity index (χ2v) is 5.90. The maximum atomic E-state index is 11.9. The van der Waals surface area contributed by atoms with Gasteiger partial charge in [0.05, 0.1) is 22.6 Å². The Bertz CT molecular complexity index is 468. The molecule has 1 unspecified atom stereocenters. The number of aryl methyl sites for hydroxylation is 1. The molecule has 1 aromatic carbocycles. The minimum atomic E-state index is -3.34. The minimum absolute atomic E-state index is 0.0240. The second-order valence-electron chi connectivity index (χ2n) is 3.53. The van der Waals surface area contributed by atoms with Crippen molar-refractivity contribution >= 4 is 9.84 Å². The summed E-state index contributed by atoms with van der Waals surface area (Å²) in [5.41, 5.74) is 1.02. The summed E-state index contributed by atoms with van der Waals surface area (Å²) in [4.78, 5) is 0.288. The molecule has 0 saturated heterocycles. The van der Waals surface area contributed by atoms with Gasteiger partial charge in [-0.05, 0) is 26.0 Å².